The van der Waals surface area contributed by atoms with E-state index in [2.05, 4.69) is 51.1 Å². The number of rotatable bonds is 15. The minimum Gasteiger partial charge on any atom is -0.465 e. The number of nitrogens with one attached hydrogen (secondary N) is 3. The van der Waals surface area contributed by atoms with Gasteiger partial charge in [0.2, 0.25) is 0 Å². The van der Waals surface area contributed by atoms with Crippen LogP contribution >= 0.6 is 11.6 Å². The van der Waals surface area contributed by atoms with Gasteiger partial charge < -0.3 is 29.9 Å². The number of anilines is 2. The molecular weight excluding hydrogens is 923 g/mol. The maximum atomic E-state index is 13.9. The lowest BCUT2D eigenvalue weighted by molar-refractivity contribution is -0.0435. The minimum absolute atomic E-state index is 0.0344. The molecular formula is C45H49ClF3N7O8S2. The fourth-order valence-corrected chi connectivity index (χ4v) is 10.2. The highest BCUT2D eigenvalue weighted by molar-refractivity contribution is 7.92. The third-order valence-electron chi connectivity index (χ3n) is 11.7. The van der Waals surface area contributed by atoms with E-state index >= 15 is 0 Å². The molecule has 1 aliphatic carbocycles. The van der Waals surface area contributed by atoms with E-state index in [0.717, 1.165) is 55.9 Å². The summed E-state index contributed by atoms with van der Waals surface area (Å²) in [7, 11) is -9.87. The molecule has 2 aromatic heterocycles. The summed E-state index contributed by atoms with van der Waals surface area (Å²) in [6.07, 6.45) is 4.96. The number of carboxylic acid groups (broad SMARTS) is 1. The van der Waals surface area contributed by atoms with Crippen LogP contribution in [0.5, 0.6) is 11.5 Å². The molecule has 5 aromatic rings. The van der Waals surface area contributed by atoms with Crippen LogP contribution in [-0.2, 0) is 19.9 Å². The second kappa shape index (κ2) is 19.2. The molecule has 0 spiro atoms. The quantitative estimate of drug-likeness (QED) is 0.0731. The summed E-state index contributed by atoms with van der Waals surface area (Å²) in [5, 5.41) is 13.0. The van der Waals surface area contributed by atoms with Crippen LogP contribution in [0.2, 0.25) is 5.02 Å². The highest BCUT2D eigenvalue weighted by atomic mass is 35.5. The average molecular weight is 973 g/mol. The van der Waals surface area contributed by atoms with Crippen molar-refractivity contribution in [3.8, 4) is 11.5 Å². The Bertz CT molecular complexity index is 2880. The Balaban J connectivity index is 1.12. The van der Waals surface area contributed by atoms with Crippen molar-refractivity contribution in [1.82, 2.24) is 24.5 Å². The number of alkyl halides is 3. The molecule has 1 fully saturated rings. The van der Waals surface area contributed by atoms with Crippen LogP contribution in [0.15, 0.2) is 101 Å². The predicted octanol–water partition coefficient (Wildman–Crippen LogP) is 8.62. The summed E-state index contributed by atoms with van der Waals surface area (Å²) in [6, 6.07) is 18.0. The Morgan fingerprint density at radius 1 is 0.985 bits per heavy atom. The number of nitrogens with zero attached hydrogens (tertiary/aromatic N) is 4. The number of allylic oxidation sites excluding steroid dienone is 1. The Hall–Kier alpha value is -5.83. The summed E-state index contributed by atoms with van der Waals surface area (Å²) < 4.78 is 103. The number of ether oxygens (including phenoxy) is 1. The molecule has 7 rings (SSSR count). The van der Waals surface area contributed by atoms with E-state index in [4.69, 9.17) is 21.4 Å². The standard InChI is InChI=1S/C45H49ClF3N7O8S2/c1-44(2)15-13-31(37(26-44)29-5-7-32(46)8-6-29)28-55-19-21-56(22-20-55)33-9-11-36(39(24-33)64-34-23-30-14-17-51-41(30)52-27-34)42(57)53-66(62,63)35-10-12-38(50-16-4-18-54(3)43(58)59)40(25-35)65(60,61)45(47,48)49/h5-12,14,17,23-25,27,50H,4,13,15-16,18-22,26,28H2,1-3H3,(H,51,52)(H,53,57)(H,58,59). The van der Waals surface area contributed by atoms with E-state index in [9.17, 15) is 39.6 Å². The van der Waals surface area contributed by atoms with Gasteiger partial charge in [0.05, 0.1) is 22.3 Å². The van der Waals surface area contributed by atoms with E-state index in [0.29, 0.717) is 40.9 Å². The maximum Gasteiger partial charge on any atom is 0.501 e. The van der Waals surface area contributed by atoms with Crippen molar-refractivity contribution in [2.75, 3.05) is 63.1 Å². The fraction of sp³-hybridized carbons (Fsp3) is 0.356. The van der Waals surface area contributed by atoms with Gasteiger partial charge in [-0.15, -0.1) is 0 Å². The number of aromatic amines is 1. The molecule has 66 heavy (non-hydrogen) atoms. The first-order valence-corrected chi connectivity index (χ1v) is 24.3. The van der Waals surface area contributed by atoms with E-state index in [1.54, 1.807) is 30.5 Å². The molecule has 3 heterocycles. The number of aromatic nitrogens is 2. The molecule has 352 valence electrons. The van der Waals surface area contributed by atoms with Crippen LogP contribution in [-0.4, -0.2) is 112 Å². The number of carbonyl (C=O) groups is 2. The predicted molar refractivity (Wildman–Crippen MR) is 245 cm³/mol. The number of fused-ring (bicyclic) bond motifs is 1. The van der Waals surface area contributed by atoms with Crippen molar-refractivity contribution in [2.45, 2.75) is 54.8 Å². The number of amides is 2. The molecule has 15 nitrogen and oxygen atoms in total. The molecule has 2 aliphatic rings. The summed E-state index contributed by atoms with van der Waals surface area (Å²) >= 11 is 6.22. The monoisotopic (exact) mass is 971 g/mol. The molecule has 0 atom stereocenters. The largest absolute Gasteiger partial charge is 0.501 e. The van der Waals surface area contributed by atoms with Crippen LogP contribution in [0.1, 0.15) is 55.5 Å². The molecule has 2 amide bonds. The van der Waals surface area contributed by atoms with Crippen LogP contribution < -0.4 is 19.7 Å². The number of sulfonamides is 1. The van der Waals surface area contributed by atoms with Crippen LogP contribution in [0.25, 0.3) is 16.6 Å². The smallest absolute Gasteiger partial charge is 0.465 e. The number of hydrogen-bond acceptors (Lipinski definition) is 11. The van der Waals surface area contributed by atoms with Crippen molar-refractivity contribution in [3.63, 3.8) is 0 Å². The molecule has 0 saturated carbocycles. The molecule has 1 aliphatic heterocycles. The molecule has 4 N–H and O–H groups in total. The third-order valence-corrected chi connectivity index (χ3v) is 14.8. The van der Waals surface area contributed by atoms with Crippen LogP contribution in [0, 0.1) is 5.41 Å². The Morgan fingerprint density at radius 2 is 1.71 bits per heavy atom. The van der Waals surface area contributed by atoms with Crippen molar-refractivity contribution in [2.24, 2.45) is 5.41 Å². The number of carbonyl (C=O) groups excluding carboxylic acids is 1. The van der Waals surface area contributed by atoms with Gasteiger partial charge in [-0.05, 0) is 96.8 Å². The van der Waals surface area contributed by atoms with Gasteiger partial charge >= 0.3 is 11.6 Å². The van der Waals surface area contributed by atoms with Crippen molar-refractivity contribution in [3.05, 3.63) is 107 Å². The maximum absolute atomic E-state index is 13.9. The van der Waals surface area contributed by atoms with Gasteiger partial charge in [0, 0.05) is 81.2 Å². The number of H-pyrrole nitrogens is 1. The highest BCUT2D eigenvalue weighted by Crippen LogP contribution is 2.44. The second-order valence-electron chi connectivity index (χ2n) is 17.1. The molecule has 0 radical (unpaired) electrons. The lowest BCUT2D eigenvalue weighted by Crippen LogP contribution is -2.47. The Labute approximate surface area is 385 Å². The summed E-state index contributed by atoms with van der Waals surface area (Å²) in [6.45, 7) is 7.91. The van der Waals surface area contributed by atoms with Crippen LogP contribution in [0.4, 0.5) is 29.3 Å². The fourth-order valence-electron chi connectivity index (χ4n) is 8.01. The zero-order chi connectivity index (χ0) is 47.6. The summed E-state index contributed by atoms with van der Waals surface area (Å²) in [5.74, 6) is -1.03. The number of halogens is 4. The lowest BCUT2D eigenvalue weighted by Gasteiger charge is -2.39. The van der Waals surface area contributed by atoms with E-state index in [1.165, 1.54) is 36.0 Å². The van der Waals surface area contributed by atoms with E-state index in [1.807, 2.05) is 16.9 Å². The number of sulfone groups is 1. The van der Waals surface area contributed by atoms with Crippen molar-refractivity contribution in [1.29, 1.82) is 0 Å². The summed E-state index contributed by atoms with van der Waals surface area (Å²) in [5.41, 5.74) is -1.27. The van der Waals surface area contributed by atoms with Gasteiger partial charge in [0.25, 0.3) is 25.8 Å². The number of pyridine rings is 1. The van der Waals surface area contributed by atoms with Gasteiger partial charge in [0.1, 0.15) is 22.0 Å². The highest BCUT2D eigenvalue weighted by Gasteiger charge is 2.48. The van der Waals surface area contributed by atoms with Gasteiger partial charge in [-0.2, -0.15) is 13.2 Å². The van der Waals surface area contributed by atoms with Gasteiger partial charge in [-0.25, -0.2) is 31.3 Å². The van der Waals surface area contributed by atoms with Gasteiger partial charge in [-0.3, -0.25) is 9.69 Å². The van der Waals surface area contributed by atoms with Gasteiger partial charge in [-0.1, -0.05) is 43.2 Å². The van der Waals surface area contributed by atoms with Gasteiger partial charge in [0.15, 0.2) is 0 Å². The van der Waals surface area contributed by atoms with E-state index in [-0.39, 0.29) is 42.0 Å². The SMILES string of the molecule is CN(CCCNc1ccc(S(=O)(=O)NC(=O)c2ccc(N3CCN(CC4=C(c5ccc(Cl)cc5)CC(C)(C)CC4)CC3)cc2Oc2cnc3[nH]ccc3c2)cc1S(=O)(=O)C(F)(F)F)C(=O)O. The second-order valence-corrected chi connectivity index (χ2v) is 21.1. The van der Waals surface area contributed by atoms with Crippen LogP contribution in [0.3, 0.4) is 0 Å². The summed E-state index contributed by atoms with van der Waals surface area (Å²) in [4.78, 5) is 35.5. The van der Waals surface area contributed by atoms with Crippen molar-refractivity contribution < 1.29 is 49.4 Å². The topological polar surface area (TPSA) is 194 Å². The number of piperazine rings is 1. The number of benzene rings is 3. The number of hydrogen-bond donors (Lipinski definition) is 4. The molecule has 3 aromatic carbocycles. The van der Waals surface area contributed by atoms with Crippen molar-refractivity contribution >= 4 is 71.4 Å². The zero-order valence-corrected chi connectivity index (χ0v) is 38.7. The average Bonchev–Trinajstić information content (AvgIpc) is 3.74. The first-order chi connectivity index (χ1) is 31.1. The molecule has 0 unspecified atom stereocenters. The molecule has 21 heteroatoms. The first-order valence-electron chi connectivity index (χ1n) is 21.0. The normalized spacial score (nSPS) is 16.0. The lowest BCUT2D eigenvalue weighted by atomic mass is 9.72. The first kappa shape index (κ1) is 48.1. The molecule has 1 saturated heterocycles. The minimum atomic E-state index is -6.12. The Morgan fingerprint density at radius 3 is 2.41 bits per heavy atom. The molecule has 0 bridgehead atoms. The third kappa shape index (κ3) is 11.1. The zero-order valence-electron chi connectivity index (χ0n) is 36.3. The Kier molecular flexibility index (Phi) is 14.0. The van der Waals surface area contributed by atoms with E-state index < -0.39 is 52.8 Å².